The summed E-state index contributed by atoms with van der Waals surface area (Å²) in [5.41, 5.74) is 0.591. The average Bonchev–Trinajstić information content (AvgIpc) is 2.54. The van der Waals surface area contributed by atoms with Crippen LogP contribution in [0.4, 0.5) is 5.82 Å². The van der Waals surface area contributed by atoms with Crippen molar-refractivity contribution in [3.05, 3.63) is 23.9 Å². The van der Waals surface area contributed by atoms with E-state index in [4.69, 9.17) is 5.26 Å². The number of pyridine rings is 1. The molecular formula is C11H12N4O. The molecular weight excluding hydrogens is 204 g/mol. The third-order valence-electron chi connectivity index (χ3n) is 2.51. The van der Waals surface area contributed by atoms with Gasteiger partial charge in [0.05, 0.1) is 11.6 Å². The Hall–Kier alpha value is -2.09. The fourth-order valence-corrected chi connectivity index (χ4v) is 1.66. The fraction of sp³-hybridized carbons (Fsp3) is 0.364. The lowest BCUT2D eigenvalue weighted by Crippen LogP contribution is -2.28. The molecule has 1 saturated heterocycles. The molecule has 1 amide bonds. The second kappa shape index (κ2) is 4.62. The zero-order valence-electron chi connectivity index (χ0n) is 8.81. The molecule has 16 heavy (non-hydrogen) atoms. The standard InChI is InChI=1S/C11H12N4O/c12-8-9-1-3-13-10(7-9)15-5-2-11(16)14-4-6-15/h1,3,7H,2,4-6H2,(H,14,16). The van der Waals surface area contributed by atoms with Crippen molar-refractivity contribution in [1.82, 2.24) is 10.3 Å². The molecule has 0 bridgehead atoms. The van der Waals surface area contributed by atoms with E-state index in [1.165, 1.54) is 0 Å². The predicted molar refractivity (Wildman–Crippen MR) is 58.8 cm³/mol. The molecule has 1 N–H and O–H groups in total. The van der Waals surface area contributed by atoms with Crippen molar-refractivity contribution in [2.75, 3.05) is 24.5 Å². The van der Waals surface area contributed by atoms with Crippen LogP contribution in [0.25, 0.3) is 0 Å². The molecule has 0 aromatic carbocycles. The van der Waals surface area contributed by atoms with Gasteiger partial charge >= 0.3 is 0 Å². The van der Waals surface area contributed by atoms with Gasteiger partial charge in [-0.05, 0) is 12.1 Å². The summed E-state index contributed by atoms with van der Waals surface area (Å²) in [6.07, 6.45) is 2.09. The summed E-state index contributed by atoms with van der Waals surface area (Å²) in [6, 6.07) is 5.50. The van der Waals surface area contributed by atoms with Gasteiger partial charge in [-0.15, -0.1) is 0 Å². The molecule has 1 aromatic rings. The van der Waals surface area contributed by atoms with Gasteiger partial charge in [-0.1, -0.05) is 0 Å². The van der Waals surface area contributed by atoms with Crippen molar-refractivity contribution in [2.45, 2.75) is 6.42 Å². The molecule has 1 aromatic heterocycles. The number of aromatic nitrogens is 1. The molecule has 5 nitrogen and oxygen atoms in total. The number of carbonyl (C=O) groups excluding carboxylic acids is 1. The summed E-state index contributed by atoms with van der Waals surface area (Å²) in [5, 5.41) is 11.6. The van der Waals surface area contributed by atoms with Crippen LogP contribution in [0.2, 0.25) is 0 Å². The van der Waals surface area contributed by atoms with Crippen LogP contribution in [-0.4, -0.2) is 30.5 Å². The normalized spacial score (nSPS) is 16.2. The molecule has 0 saturated carbocycles. The van der Waals surface area contributed by atoms with Crippen molar-refractivity contribution in [3.63, 3.8) is 0 Å². The van der Waals surface area contributed by atoms with E-state index in [1.807, 2.05) is 4.90 Å². The predicted octanol–water partition coefficient (Wildman–Crippen LogP) is 0.280. The van der Waals surface area contributed by atoms with E-state index in [-0.39, 0.29) is 5.91 Å². The van der Waals surface area contributed by atoms with Gasteiger partial charge in [0, 0.05) is 32.3 Å². The lowest BCUT2D eigenvalue weighted by atomic mass is 10.2. The molecule has 0 atom stereocenters. The van der Waals surface area contributed by atoms with Crippen molar-refractivity contribution in [2.24, 2.45) is 0 Å². The van der Waals surface area contributed by atoms with E-state index in [0.717, 1.165) is 12.4 Å². The molecule has 1 fully saturated rings. The lowest BCUT2D eigenvalue weighted by Gasteiger charge is -2.20. The zero-order chi connectivity index (χ0) is 11.4. The lowest BCUT2D eigenvalue weighted by molar-refractivity contribution is -0.120. The molecule has 1 aliphatic heterocycles. The number of carbonyl (C=O) groups is 1. The Morgan fingerprint density at radius 2 is 2.38 bits per heavy atom. The Bertz CT molecular complexity index is 438. The summed E-state index contributed by atoms with van der Waals surface area (Å²) in [4.78, 5) is 17.4. The Kier molecular flexibility index (Phi) is 3.01. The van der Waals surface area contributed by atoms with Crippen molar-refractivity contribution >= 4 is 11.7 Å². The first kappa shape index (κ1) is 10.4. The van der Waals surface area contributed by atoms with E-state index >= 15 is 0 Å². The highest BCUT2D eigenvalue weighted by Crippen LogP contribution is 2.13. The van der Waals surface area contributed by atoms with Crippen LogP contribution in [0, 0.1) is 11.3 Å². The van der Waals surface area contributed by atoms with Gasteiger partial charge in [-0.25, -0.2) is 4.98 Å². The van der Waals surface area contributed by atoms with Crippen molar-refractivity contribution in [3.8, 4) is 6.07 Å². The number of nitrogens with one attached hydrogen (secondary N) is 1. The molecule has 0 aliphatic carbocycles. The Labute approximate surface area is 93.7 Å². The third-order valence-corrected chi connectivity index (χ3v) is 2.51. The van der Waals surface area contributed by atoms with Crippen molar-refractivity contribution < 1.29 is 4.79 Å². The van der Waals surface area contributed by atoms with Gasteiger partial charge in [0.15, 0.2) is 0 Å². The largest absolute Gasteiger partial charge is 0.354 e. The van der Waals surface area contributed by atoms with Gasteiger partial charge in [-0.3, -0.25) is 4.79 Å². The number of hydrogen-bond acceptors (Lipinski definition) is 4. The van der Waals surface area contributed by atoms with Gasteiger partial charge in [0.25, 0.3) is 0 Å². The number of hydrogen-bond donors (Lipinski definition) is 1. The smallest absolute Gasteiger partial charge is 0.221 e. The summed E-state index contributed by atoms with van der Waals surface area (Å²) in [7, 11) is 0. The van der Waals surface area contributed by atoms with Crippen LogP contribution in [0.5, 0.6) is 0 Å². The van der Waals surface area contributed by atoms with Gasteiger partial charge < -0.3 is 10.2 Å². The van der Waals surface area contributed by atoms with E-state index in [2.05, 4.69) is 16.4 Å². The molecule has 2 rings (SSSR count). The van der Waals surface area contributed by atoms with E-state index in [1.54, 1.807) is 18.3 Å². The Balaban J connectivity index is 2.16. The highest BCUT2D eigenvalue weighted by atomic mass is 16.1. The fourth-order valence-electron chi connectivity index (χ4n) is 1.66. The average molecular weight is 216 g/mol. The van der Waals surface area contributed by atoms with Crippen LogP contribution in [0.1, 0.15) is 12.0 Å². The van der Waals surface area contributed by atoms with Crippen LogP contribution in [0.15, 0.2) is 18.3 Å². The van der Waals surface area contributed by atoms with Crippen LogP contribution >= 0.6 is 0 Å². The molecule has 82 valence electrons. The maximum Gasteiger partial charge on any atom is 0.221 e. The Morgan fingerprint density at radius 3 is 3.19 bits per heavy atom. The molecule has 0 radical (unpaired) electrons. The number of nitrogens with zero attached hydrogens (tertiary/aromatic N) is 3. The van der Waals surface area contributed by atoms with E-state index in [9.17, 15) is 4.79 Å². The van der Waals surface area contributed by atoms with Crippen LogP contribution in [0.3, 0.4) is 0 Å². The van der Waals surface area contributed by atoms with Gasteiger partial charge in [0.2, 0.25) is 5.91 Å². The quantitative estimate of drug-likeness (QED) is 0.732. The first-order valence-corrected chi connectivity index (χ1v) is 5.17. The second-order valence-corrected chi connectivity index (χ2v) is 3.60. The summed E-state index contributed by atoms with van der Waals surface area (Å²) >= 11 is 0. The zero-order valence-corrected chi connectivity index (χ0v) is 8.81. The highest BCUT2D eigenvalue weighted by molar-refractivity contribution is 5.77. The highest BCUT2D eigenvalue weighted by Gasteiger charge is 2.14. The topological polar surface area (TPSA) is 69.0 Å². The Morgan fingerprint density at radius 1 is 1.50 bits per heavy atom. The first-order chi connectivity index (χ1) is 7.79. The van der Waals surface area contributed by atoms with Crippen molar-refractivity contribution in [1.29, 1.82) is 5.26 Å². The second-order valence-electron chi connectivity index (χ2n) is 3.60. The third kappa shape index (κ3) is 2.28. The number of nitriles is 1. The minimum absolute atomic E-state index is 0.0685. The summed E-state index contributed by atoms with van der Waals surface area (Å²) in [6.45, 7) is 2.00. The molecule has 0 unspecified atom stereocenters. The van der Waals surface area contributed by atoms with Gasteiger partial charge in [-0.2, -0.15) is 5.26 Å². The molecule has 2 heterocycles. The SMILES string of the molecule is N#Cc1ccnc(N2CCNC(=O)CC2)c1. The van der Waals surface area contributed by atoms with Gasteiger partial charge in [0.1, 0.15) is 5.82 Å². The first-order valence-electron chi connectivity index (χ1n) is 5.17. The summed E-state index contributed by atoms with van der Waals surface area (Å²) in [5.74, 6) is 0.828. The van der Waals surface area contributed by atoms with Crippen LogP contribution < -0.4 is 10.2 Å². The monoisotopic (exact) mass is 216 g/mol. The minimum atomic E-state index is 0.0685. The minimum Gasteiger partial charge on any atom is -0.354 e. The number of anilines is 1. The molecule has 0 spiro atoms. The maximum atomic E-state index is 11.2. The number of rotatable bonds is 1. The van der Waals surface area contributed by atoms with Crippen LogP contribution in [-0.2, 0) is 4.79 Å². The van der Waals surface area contributed by atoms with E-state index < -0.39 is 0 Å². The van der Waals surface area contributed by atoms with E-state index in [0.29, 0.717) is 25.1 Å². The maximum absolute atomic E-state index is 11.2. The summed E-state index contributed by atoms with van der Waals surface area (Å²) < 4.78 is 0. The number of amides is 1. The molecule has 5 heteroatoms. The molecule has 1 aliphatic rings.